The van der Waals surface area contributed by atoms with Gasteiger partial charge in [0.25, 0.3) is 0 Å². The molecule has 2 aromatic carbocycles. The first kappa shape index (κ1) is 30.9. The monoisotopic (exact) mass is 598 g/mol. The third-order valence-corrected chi connectivity index (χ3v) is 7.03. The molecule has 1 aromatic heterocycles. The Morgan fingerprint density at radius 2 is 1.69 bits per heavy atom. The Bertz CT molecular complexity index is 1430. The lowest BCUT2D eigenvalue weighted by molar-refractivity contribution is -0.143. The SMILES string of the molecule is CCOC(=O)N1c2ccc(OC)cc2C(c2ncc(O)c(Cc3cc(C(F)(F)F)cc(C(F)(F)F)c3)n2)C(N)C1CC. The maximum Gasteiger partial charge on any atom is 0.416 e. The Morgan fingerprint density at radius 1 is 1.05 bits per heavy atom. The van der Waals surface area contributed by atoms with E-state index in [0.717, 1.165) is 6.20 Å². The third-order valence-electron chi connectivity index (χ3n) is 7.03. The molecule has 3 unspecified atom stereocenters. The van der Waals surface area contributed by atoms with Crippen LogP contribution < -0.4 is 15.4 Å². The van der Waals surface area contributed by atoms with Crippen molar-refractivity contribution >= 4 is 11.8 Å². The van der Waals surface area contributed by atoms with Gasteiger partial charge in [0.15, 0.2) is 5.75 Å². The van der Waals surface area contributed by atoms with Crippen molar-refractivity contribution in [1.29, 1.82) is 0 Å². The van der Waals surface area contributed by atoms with E-state index in [4.69, 9.17) is 15.2 Å². The molecule has 14 heteroatoms. The fourth-order valence-corrected chi connectivity index (χ4v) is 5.12. The number of carbonyl (C=O) groups is 1. The van der Waals surface area contributed by atoms with Gasteiger partial charge < -0.3 is 20.3 Å². The van der Waals surface area contributed by atoms with Crippen molar-refractivity contribution in [3.8, 4) is 11.5 Å². The molecule has 0 bridgehead atoms. The number of carbonyl (C=O) groups excluding carboxylic acids is 1. The molecule has 8 nitrogen and oxygen atoms in total. The van der Waals surface area contributed by atoms with E-state index >= 15 is 0 Å². The number of anilines is 1. The maximum absolute atomic E-state index is 13.4. The van der Waals surface area contributed by atoms with Gasteiger partial charge in [0.05, 0.1) is 54.4 Å². The van der Waals surface area contributed by atoms with E-state index in [1.54, 1.807) is 25.1 Å². The number of nitrogens with zero attached hydrogens (tertiary/aromatic N) is 3. The summed E-state index contributed by atoms with van der Waals surface area (Å²) in [5.74, 6) is -0.848. The van der Waals surface area contributed by atoms with E-state index in [0.29, 0.717) is 35.6 Å². The molecule has 1 aliphatic heterocycles. The standard InChI is InChI=1S/C28H28F6N4O4/c1-4-20-24(35)23(18-12-17(41-3)6-7-21(18)38(20)26(40)42-5-2)25-36-13-22(39)19(37-25)10-14-8-15(27(29,30)31)11-16(9-14)28(32,33)34/h6-9,11-13,20,23-24,39H,4-5,10,35H2,1-3H3. The number of ether oxygens (including phenoxy) is 2. The summed E-state index contributed by atoms with van der Waals surface area (Å²) >= 11 is 0. The van der Waals surface area contributed by atoms with E-state index in [1.165, 1.54) is 12.0 Å². The van der Waals surface area contributed by atoms with E-state index in [9.17, 15) is 36.2 Å². The number of benzene rings is 2. The molecule has 0 saturated heterocycles. The van der Waals surface area contributed by atoms with Crippen LogP contribution in [-0.4, -0.2) is 47.0 Å². The summed E-state index contributed by atoms with van der Waals surface area (Å²) in [4.78, 5) is 23.0. The highest BCUT2D eigenvalue weighted by molar-refractivity contribution is 5.91. The third kappa shape index (κ3) is 6.08. The number of amides is 1. The minimum atomic E-state index is -5.04. The quantitative estimate of drug-likeness (QED) is 0.333. The summed E-state index contributed by atoms with van der Waals surface area (Å²) in [6.45, 7) is 3.59. The van der Waals surface area contributed by atoms with Crippen LogP contribution in [0.15, 0.2) is 42.6 Å². The van der Waals surface area contributed by atoms with Crippen molar-refractivity contribution in [3.63, 3.8) is 0 Å². The first-order chi connectivity index (χ1) is 19.7. The molecule has 3 atom stereocenters. The summed E-state index contributed by atoms with van der Waals surface area (Å²) in [5.41, 5.74) is 4.07. The molecule has 0 spiro atoms. The smallest absolute Gasteiger partial charge is 0.416 e. The van der Waals surface area contributed by atoms with Crippen LogP contribution in [0, 0.1) is 0 Å². The number of hydrogen-bond donors (Lipinski definition) is 2. The molecule has 226 valence electrons. The average molecular weight is 599 g/mol. The second kappa shape index (κ2) is 11.7. The Hall–Kier alpha value is -4.07. The lowest BCUT2D eigenvalue weighted by Crippen LogP contribution is -2.57. The summed E-state index contributed by atoms with van der Waals surface area (Å²) in [7, 11) is 1.44. The molecule has 1 amide bonds. The molecule has 3 N–H and O–H groups in total. The molecule has 0 aliphatic carbocycles. The van der Waals surface area contributed by atoms with Crippen LogP contribution >= 0.6 is 0 Å². The zero-order valence-electron chi connectivity index (χ0n) is 22.8. The van der Waals surface area contributed by atoms with Gasteiger partial charge in [-0.15, -0.1) is 0 Å². The number of halogens is 6. The van der Waals surface area contributed by atoms with Gasteiger partial charge in [-0.05, 0) is 60.9 Å². The van der Waals surface area contributed by atoms with Gasteiger partial charge in [0.1, 0.15) is 11.6 Å². The number of hydrogen-bond acceptors (Lipinski definition) is 7. The maximum atomic E-state index is 13.4. The lowest BCUT2D eigenvalue weighted by atomic mass is 9.80. The van der Waals surface area contributed by atoms with Crippen molar-refractivity contribution in [3.05, 3.63) is 76.4 Å². The second-order valence-corrected chi connectivity index (χ2v) is 9.68. The minimum Gasteiger partial charge on any atom is -0.504 e. The second-order valence-electron chi connectivity index (χ2n) is 9.68. The van der Waals surface area contributed by atoms with Crippen LogP contribution in [0.1, 0.15) is 60.0 Å². The normalized spacial score (nSPS) is 18.9. The molecule has 0 radical (unpaired) electrons. The number of aromatic hydroxyl groups is 1. The fraction of sp³-hybridized carbons (Fsp3) is 0.393. The summed E-state index contributed by atoms with van der Waals surface area (Å²) < 4.78 is 91.1. The van der Waals surface area contributed by atoms with Gasteiger partial charge >= 0.3 is 18.4 Å². The zero-order valence-corrected chi connectivity index (χ0v) is 22.8. The number of methoxy groups -OCH3 is 1. The lowest BCUT2D eigenvalue weighted by Gasteiger charge is -2.43. The molecule has 0 fully saturated rings. The Kier molecular flexibility index (Phi) is 8.58. The molecule has 42 heavy (non-hydrogen) atoms. The summed E-state index contributed by atoms with van der Waals surface area (Å²) in [6.07, 6.45) is -9.84. The number of nitrogens with two attached hydrogens (primary N) is 1. The predicted molar refractivity (Wildman–Crippen MR) is 139 cm³/mol. The highest BCUT2D eigenvalue weighted by atomic mass is 19.4. The number of alkyl halides is 6. The molecule has 4 rings (SSSR count). The van der Waals surface area contributed by atoms with Gasteiger partial charge in [-0.3, -0.25) is 4.90 Å². The summed E-state index contributed by atoms with van der Waals surface area (Å²) in [5, 5.41) is 10.5. The zero-order chi connectivity index (χ0) is 31.0. The van der Waals surface area contributed by atoms with Crippen molar-refractivity contribution in [2.75, 3.05) is 18.6 Å². The van der Waals surface area contributed by atoms with Gasteiger partial charge in [0.2, 0.25) is 0 Å². The minimum absolute atomic E-state index is 0.0281. The first-order valence-corrected chi connectivity index (χ1v) is 12.9. The molecule has 0 saturated carbocycles. The Balaban J connectivity index is 1.83. The highest BCUT2D eigenvalue weighted by Gasteiger charge is 2.44. The van der Waals surface area contributed by atoms with E-state index in [1.807, 2.05) is 6.92 Å². The Morgan fingerprint density at radius 3 is 2.24 bits per heavy atom. The van der Waals surface area contributed by atoms with Gasteiger partial charge in [-0.1, -0.05) is 6.92 Å². The number of aromatic nitrogens is 2. The highest BCUT2D eigenvalue weighted by Crippen LogP contribution is 2.44. The summed E-state index contributed by atoms with van der Waals surface area (Å²) in [6, 6.07) is 4.70. The van der Waals surface area contributed by atoms with Crippen molar-refractivity contribution < 1.29 is 45.7 Å². The van der Waals surface area contributed by atoms with Crippen LogP contribution in [0.3, 0.4) is 0 Å². The van der Waals surface area contributed by atoms with E-state index in [2.05, 4.69) is 9.97 Å². The van der Waals surface area contributed by atoms with Crippen LogP contribution in [-0.2, 0) is 23.5 Å². The molecule has 3 aromatic rings. The molecular formula is C28H28F6N4O4. The predicted octanol–water partition coefficient (Wildman–Crippen LogP) is 6.03. The van der Waals surface area contributed by atoms with Crippen molar-refractivity contribution in [2.45, 2.75) is 57.0 Å². The number of fused-ring (bicyclic) bond motifs is 1. The van der Waals surface area contributed by atoms with Crippen LogP contribution in [0.4, 0.5) is 36.8 Å². The number of rotatable bonds is 6. The average Bonchev–Trinajstić information content (AvgIpc) is 2.92. The van der Waals surface area contributed by atoms with E-state index in [-0.39, 0.29) is 29.8 Å². The van der Waals surface area contributed by atoms with Gasteiger partial charge in [-0.25, -0.2) is 14.8 Å². The van der Waals surface area contributed by atoms with E-state index < -0.39 is 59.7 Å². The Labute approximate surface area is 237 Å². The molecular weight excluding hydrogens is 570 g/mol. The molecule has 2 heterocycles. The van der Waals surface area contributed by atoms with Crippen LogP contribution in [0.25, 0.3) is 0 Å². The fourth-order valence-electron chi connectivity index (χ4n) is 5.12. The van der Waals surface area contributed by atoms with Gasteiger partial charge in [-0.2, -0.15) is 26.3 Å². The first-order valence-electron chi connectivity index (χ1n) is 12.9. The topological polar surface area (TPSA) is 111 Å². The largest absolute Gasteiger partial charge is 0.504 e. The van der Waals surface area contributed by atoms with Crippen LogP contribution in [0.5, 0.6) is 11.5 Å². The van der Waals surface area contributed by atoms with Crippen molar-refractivity contribution in [1.82, 2.24) is 9.97 Å². The van der Waals surface area contributed by atoms with Gasteiger partial charge in [0, 0.05) is 12.5 Å². The van der Waals surface area contributed by atoms with Crippen molar-refractivity contribution in [2.24, 2.45) is 5.73 Å². The van der Waals surface area contributed by atoms with Crippen LogP contribution in [0.2, 0.25) is 0 Å². The molecule has 1 aliphatic rings.